The molecule has 1 fully saturated rings. The molecule has 0 aromatic heterocycles. The van der Waals surface area contributed by atoms with E-state index in [1.807, 2.05) is 6.08 Å². The van der Waals surface area contributed by atoms with Gasteiger partial charge >= 0.3 is 0 Å². The van der Waals surface area contributed by atoms with Crippen molar-refractivity contribution in [3.63, 3.8) is 0 Å². The maximum Gasteiger partial charge on any atom is 0.114 e. The van der Waals surface area contributed by atoms with Gasteiger partial charge in [0, 0.05) is 0 Å². The van der Waals surface area contributed by atoms with Crippen molar-refractivity contribution < 1.29 is 24.8 Å². The van der Waals surface area contributed by atoms with Gasteiger partial charge in [-0.3, -0.25) is 0 Å². The van der Waals surface area contributed by atoms with Crippen LogP contribution in [0.25, 0.3) is 0 Å². The van der Waals surface area contributed by atoms with E-state index in [4.69, 9.17) is 14.6 Å². The summed E-state index contributed by atoms with van der Waals surface area (Å²) in [5.41, 5.74) is 0. The molecule has 21 heavy (non-hydrogen) atoms. The van der Waals surface area contributed by atoms with E-state index >= 15 is 0 Å². The summed E-state index contributed by atoms with van der Waals surface area (Å²) in [5.74, 6) is 0. The first-order valence-electron chi connectivity index (χ1n) is 8.05. The number of hydrogen-bond acceptors (Lipinski definition) is 5. The van der Waals surface area contributed by atoms with E-state index in [1.54, 1.807) is 0 Å². The van der Waals surface area contributed by atoms with Crippen LogP contribution in [0.3, 0.4) is 0 Å². The molecule has 5 heteroatoms. The predicted octanol–water partition coefficient (Wildman–Crippen LogP) is 1.40. The lowest BCUT2D eigenvalue weighted by molar-refractivity contribution is -0.0716. The van der Waals surface area contributed by atoms with E-state index < -0.39 is 31.0 Å². The van der Waals surface area contributed by atoms with Crippen LogP contribution in [0.4, 0.5) is 0 Å². The summed E-state index contributed by atoms with van der Waals surface area (Å²) in [7, 11) is 0. The first-order valence-corrected chi connectivity index (χ1v) is 8.05. The summed E-state index contributed by atoms with van der Waals surface area (Å²) in [6, 6.07) is 0. The minimum absolute atomic E-state index is 0.244. The van der Waals surface area contributed by atoms with E-state index in [1.165, 1.54) is 32.1 Å². The lowest BCUT2D eigenvalue weighted by atomic mass is 10.1. The van der Waals surface area contributed by atoms with E-state index in [-0.39, 0.29) is 6.61 Å². The average Bonchev–Trinajstić information content (AvgIpc) is 2.86. The van der Waals surface area contributed by atoms with Crippen molar-refractivity contribution >= 4 is 0 Å². The molecule has 0 amide bonds. The molecule has 0 radical (unpaired) electrons. The van der Waals surface area contributed by atoms with Crippen LogP contribution in [0.5, 0.6) is 0 Å². The zero-order chi connectivity index (χ0) is 15.5. The van der Waals surface area contributed by atoms with Gasteiger partial charge in [-0.05, 0) is 12.8 Å². The highest BCUT2D eigenvalue weighted by molar-refractivity contribution is 4.90. The van der Waals surface area contributed by atoms with Crippen LogP contribution >= 0.6 is 0 Å². The molecule has 0 bridgehead atoms. The Kier molecular flexibility index (Phi) is 9.87. The van der Waals surface area contributed by atoms with Gasteiger partial charge in [0.25, 0.3) is 0 Å². The number of aliphatic hydroxyl groups is 3. The molecule has 0 unspecified atom stereocenters. The molecular weight excluding hydrogens is 272 g/mol. The number of hydrogen-bond donors (Lipinski definition) is 3. The highest BCUT2D eigenvalue weighted by Gasteiger charge is 2.40. The monoisotopic (exact) mass is 302 g/mol. The summed E-state index contributed by atoms with van der Waals surface area (Å²) in [6.45, 7) is 2.46. The molecule has 0 aliphatic carbocycles. The summed E-state index contributed by atoms with van der Waals surface area (Å²) >= 11 is 0. The lowest BCUT2D eigenvalue weighted by Gasteiger charge is -2.20. The Labute approximate surface area is 127 Å². The number of allylic oxidation sites excluding steroid dienone is 1. The van der Waals surface area contributed by atoms with Gasteiger partial charge in [0.15, 0.2) is 0 Å². The second-order valence-electron chi connectivity index (χ2n) is 5.58. The SMILES string of the molecule is CCCCCCC/C=C/CO[C@H]1CO[C@H]([C@H](O)CO)[C@@H]1O. The molecule has 1 heterocycles. The first-order chi connectivity index (χ1) is 10.2. The Bertz CT molecular complexity index is 282. The summed E-state index contributed by atoms with van der Waals surface area (Å²) < 4.78 is 10.8. The molecule has 124 valence electrons. The van der Waals surface area contributed by atoms with E-state index in [0.29, 0.717) is 6.61 Å². The van der Waals surface area contributed by atoms with Crippen LogP contribution in [-0.4, -0.2) is 59.6 Å². The number of rotatable bonds is 11. The molecule has 1 aliphatic rings. The fraction of sp³-hybridized carbons (Fsp3) is 0.875. The summed E-state index contributed by atoms with van der Waals surface area (Å²) in [5, 5.41) is 28.3. The Morgan fingerprint density at radius 1 is 1.24 bits per heavy atom. The second-order valence-corrected chi connectivity index (χ2v) is 5.58. The predicted molar refractivity (Wildman–Crippen MR) is 81.1 cm³/mol. The second kappa shape index (κ2) is 11.2. The zero-order valence-corrected chi connectivity index (χ0v) is 13.0. The van der Waals surface area contributed by atoms with Crippen LogP contribution in [0, 0.1) is 0 Å². The Morgan fingerprint density at radius 2 is 2.00 bits per heavy atom. The van der Waals surface area contributed by atoms with Gasteiger partial charge in [-0.2, -0.15) is 0 Å². The van der Waals surface area contributed by atoms with Gasteiger partial charge < -0.3 is 24.8 Å². The van der Waals surface area contributed by atoms with Crippen LogP contribution in [0.2, 0.25) is 0 Å². The van der Waals surface area contributed by atoms with Crippen LogP contribution < -0.4 is 0 Å². The van der Waals surface area contributed by atoms with Gasteiger partial charge in [0.1, 0.15) is 24.4 Å². The van der Waals surface area contributed by atoms with Crippen LogP contribution in [0.1, 0.15) is 45.4 Å². The van der Waals surface area contributed by atoms with Crippen molar-refractivity contribution in [2.24, 2.45) is 0 Å². The third-order valence-electron chi connectivity index (χ3n) is 3.78. The molecule has 0 aromatic carbocycles. The number of unbranched alkanes of at least 4 members (excludes halogenated alkanes) is 5. The van der Waals surface area contributed by atoms with E-state index in [9.17, 15) is 10.2 Å². The highest BCUT2D eigenvalue weighted by atomic mass is 16.6. The maximum atomic E-state index is 9.93. The van der Waals surface area contributed by atoms with Crippen LogP contribution in [0.15, 0.2) is 12.2 Å². The molecule has 1 saturated heterocycles. The van der Waals surface area contributed by atoms with Crippen molar-refractivity contribution in [3.05, 3.63) is 12.2 Å². The lowest BCUT2D eigenvalue weighted by Crippen LogP contribution is -2.41. The average molecular weight is 302 g/mol. The minimum atomic E-state index is -1.06. The molecule has 5 nitrogen and oxygen atoms in total. The maximum absolute atomic E-state index is 9.93. The van der Waals surface area contributed by atoms with Gasteiger partial charge in [-0.15, -0.1) is 0 Å². The highest BCUT2D eigenvalue weighted by Crippen LogP contribution is 2.20. The van der Waals surface area contributed by atoms with Crippen molar-refractivity contribution in [2.75, 3.05) is 19.8 Å². The molecule has 1 aliphatic heterocycles. The fourth-order valence-corrected chi connectivity index (χ4v) is 2.43. The smallest absolute Gasteiger partial charge is 0.114 e. The number of aliphatic hydroxyl groups excluding tert-OH is 3. The van der Waals surface area contributed by atoms with Crippen molar-refractivity contribution in [2.45, 2.75) is 69.9 Å². The van der Waals surface area contributed by atoms with Crippen LogP contribution in [-0.2, 0) is 9.47 Å². The van der Waals surface area contributed by atoms with Gasteiger partial charge in [-0.25, -0.2) is 0 Å². The number of ether oxygens (including phenoxy) is 2. The molecule has 0 saturated carbocycles. The molecule has 0 spiro atoms. The quantitative estimate of drug-likeness (QED) is 0.397. The van der Waals surface area contributed by atoms with Crippen molar-refractivity contribution in [3.8, 4) is 0 Å². The normalized spacial score (nSPS) is 27.5. The largest absolute Gasteiger partial charge is 0.394 e. The Hall–Kier alpha value is -0.460. The van der Waals surface area contributed by atoms with Gasteiger partial charge in [-0.1, -0.05) is 44.8 Å². The minimum Gasteiger partial charge on any atom is -0.394 e. The molecular formula is C16H30O5. The third kappa shape index (κ3) is 6.89. The Balaban J connectivity index is 2.07. The fourth-order valence-electron chi connectivity index (χ4n) is 2.43. The summed E-state index contributed by atoms with van der Waals surface area (Å²) in [6.07, 6.45) is 8.33. The zero-order valence-electron chi connectivity index (χ0n) is 13.0. The topological polar surface area (TPSA) is 79.2 Å². The molecule has 1 rings (SSSR count). The molecule has 3 N–H and O–H groups in total. The van der Waals surface area contributed by atoms with E-state index in [0.717, 1.165) is 6.42 Å². The van der Waals surface area contributed by atoms with Crippen molar-refractivity contribution in [1.82, 2.24) is 0 Å². The molecule has 4 atom stereocenters. The van der Waals surface area contributed by atoms with E-state index in [2.05, 4.69) is 13.0 Å². The summed E-state index contributed by atoms with van der Waals surface area (Å²) in [4.78, 5) is 0. The van der Waals surface area contributed by atoms with Crippen molar-refractivity contribution in [1.29, 1.82) is 0 Å². The van der Waals surface area contributed by atoms with Gasteiger partial charge in [0.05, 0.1) is 19.8 Å². The Morgan fingerprint density at radius 3 is 2.71 bits per heavy atom. The molecule has 0 aromatic rings. The third-order valence-corrected chi connectivity index (χ3v) is 3.78. The first kappa shape index (κ1) is 18.6. The standard InChI is InChI=1S/C16H30O5/c1-2-3-4-5-6-7-8-9-10-20-14-12-21-16(15(14)19)13(18)11-17/h8-9,13-19H,2-7,10-12H2,1H3/b9-8+/t13-,14+,15-,16-/m1/s1. The van der Waals surface area contributed by atoms with Gasteiger partial charge in [0.2, 0.25) is 0 Å².